The van der Waals surface area contributed by atoms with Crippen molar-refractivity contribution in [3.05, 3.63) is 107 Å². The minimum atomic E-state index is -0.713. The van der Waals surface area contributed by atoms with Crippen molar-refractivity contribution >= 4 is 0 Å². The van der Waals surface area contributed by atoms with Crippen LogP contribution in [-0.2, 0) is 64.3 Å². The summed E-state index contributed by atoms with van der Waals surface area (Å²) in [5.74, 6) is -0.641. The molecule has 6 rings (SSSR count). The first-order chi connectivity index (χ1) is 20.5. The Morgan fingerprint density at radius 3 is 1.98 bits per heavy atom. The molecule has 1 unspecified atom stereocenters. The van der Waals surface area contributed by atoms with Gasteiger partial charge in [0.25, 0.3) is 0 Å². The quantitative estimate of drug-likeness (QED) is 0.328. The zero-order valence-electron chi connectivity index (χ0n) is 24.3. The van der Waals surface area contributed by atoms with Crippen LogP contribution in [0.1, 0.15) is 36.1 Å². The molecule has 3 aliphatic rings. The summed E-state index contributed by atoms with van der Waals surface area (Å²) < 4.78 is 50.6. The minimum Gasteiger partial charge on any atom is -0.374 e. The molecular weight excluding hydrogens is 536 g/mol. The number of fused-ring (bicyclic) bond motifs is 2. The van der Waals surface area contributed by atoms with Crippen LogP contribution in [0.4, 0.5) is 0 Å². The van der Waals surface area contributed by atoms with Gasteiger partial charge in [0.1, 0.15) is 30.5 Å². The van der Waals surface area contributed by atoms with Gasteiger partial charge in [0, 0.05) is 0 Å². The van der Waals surface area contributed by atoms with Crippen molar-refractivity contribution in [1.29, 1.82) is 0 Å². The second-order valence-electron chi connectivity index (χ2n) is 11.4. The van der Waals surface area contributed by atoms with Gasteiger partial charge in [-0.2, -0.15) is 0 Å². The SMILES string of the molecule is CC1(C)OCC(CO[C@@H]2O[C@H](COCc3ccccc3)[C@@H](OCc3ccccc3)[C@@H]3OCc4ccccc4CO[C@@H]23)O1. The van der Waals surface area contributed by atoms with Gasteiger partial charge < -0.3 is 37.9 Å². The van der Waals surface area contributed by atoms with Crippen LogP contribution < -0.4 is 0 Å². The highest BCUT2D eigenvalue weighted by Crippen LogP contribution is 2.34. The molecule has 3 aromatic carbocycles. The molecule has 224 valence electrons. The first kappa shape index (κ1) is 29.4. The third-order valence-corrected chi connectivity index (χ3v) is 7.76. The van der Waals surface area contributed by atoms with Gasteiger partial charge >= 0.3 is 0 Å². The number of benzene rings is 3. The molecule has 0 amide bonds. The lowest BCUT2D eigenvalue weighted by Gasteiger charge is -2.46. The van der Waals surface area contributed by atoms with Gasteiger partial charge in [-0.15, -0.1) is 0 Å². The Morgan fingerprint density at radius 2 is 1.33 bits per heavy atom. The van der Waals surface area contributed by atoms with E-state index in [4.69, 9.17) is 37.9 Å². The van der Waals surface area contributed by atoms with Gasteiger partial charge in [-0.25, -0.2) is 0 Å². The Bertz CT molecular complexity index is 1250. The van der Waals surface area contributed by atoms with Crippen LogP contribution in [0, 0.1) is 0 Å². The summed E-state index contributed by atoms with van der Waals surface area (Å²) in [5.41, 5.74) is 4.33. The Balaban J connectivity index is 1.23. The van der Waals surface area contributed by atoms with Gasteiger partial charge in [0.15, 0.2) is 12.1 Å². The highest BCUT2D eigenvalue weighted by Gasteiger charge is 2.50. The van der Waals surface area contributed by atoms with Crippen molar-refractivity contribution in [2.45, 2.75) is 82.9 Å². The van der Waals surface area contributed by atoms with Gasteiger partial charge in [0.2, 0.25) is 0 Å². The molecule has 2 fully saturated rings. The highest BCUT2D eigenvalue weighted by atomic mass is 16.8. The molecule has 3 aliphatic heterocycles. The monoisotopic (exact) mass is 576 g/mol. The molecule has 0 saturated carbocycles. The number of hydrogen-bond donors (Lipinski definition) is 0. The van der Waals surface area contributed by atoms with Gasteiger partial charge in [-0.3, -0.25) is 0 Å². The van der Waals surface area contributed by atoms with Gasteiger partial charge in [-0.1, -0.05) is 84.9 Å². The van der Waals surface area contributed by atoms with Crippen LogP contribution in [0.5, 0.6) is 0 Å². The van der Waals surface area contributed by atoms with Crippen LogP contribution in [-0.4, -0.2) is 62.4 Å². The molecule has 0 aromatic heterocycles. The second-order valence-corrected chi connectivity index (χ2v) is 11.4. The van der Waals surface area contributed by atoms with E-state index in [-0.39, 0.29) is 6.10 Å². The molecule has 0 N–H and O–H groups in total. The molecule has 0 aliphatic carbocycles. The molecule has 0 bridgehead atoms. The zero-order chi connectivity index (χ0) is 28.8. The summed E-state index contributed by atoms with van der Waals surface area (Å²) in [4.78, 5) is 0. The van der Waals surface area contributed by atoms with Gasteiger partial charge in [0.05, 0.1) is 46.2 Å². The summed E-state index contributed by atoms with van der Waals surface area (Å²) in [6.07, 6.45) is -2.82. The Labute approximate surface area is 247 Å². The fourth-order valence-electron chi connectivity index (χ4n) is 5.61. The average Bonchev–Trinajstić information content (AvgIpc) is 3.36. The number of rotatable bonds is 10. The molecule has 6 atom stereocenters. The first-order valence-electron chi connectivity index (χ1n) is 14.7. The summed E-state index contributed by atoms with van der Waals surface area (Å²) in [7, 11) is 0. The molecule has 8 heteroatoms. The largest absolute Gasteiger partial charge is 0.374 e. The van der Waals surface area contributed by atoms with Gasteiger partial charge in [-0.05, 0) is 36.1 Å². The molecule has 3 heterocycles. The Kier molecular flexibility index (Phi) is 9.63. The smallest absolute Gasteiger partial charge is 0.187 e. The van der Waals surface area contributed by atoms with Crippen molar-refractivity contribution in [1.82, 2.24) is 0 Å². The maximum atomic E-state index is 6.62. The minimum absolute atomic E-state index is 0.211. The average molecular weight is 577 g/mol. The van der Waals surface area contributed by atoms with Crippen molar-refractivity contribution in [2.24, 2.45) is 0 Å². The third-order valence-electron chi connectivity index (χ3n) is 7.76. The van der Waals surface area contributed by atoms with Crippen LogP contribution in [0.3, 0.4) is 0 Å². The Morgan fingerprint density at radius 1 is 0.714 bits per heavy atom. The maximum absolute atomic E-state index is 6.62. The molecule has 0 spiro atoms. The molecule has 8 nitrogen and oxygen atoms in total. The zero-order valence-corrected chi connectivity index (χ0v) is 24.3. The lowest BCUT2D eigenvalue weighted by molar-refractivity contribution is -0.332. The van der Waals surface area contributed by atoms with E-state index in [9.17, 15) is 0 Å². The normalized spacial score (nSPS) is 28.8. The summed E-state index contributed by atoms with van der Waals surface area (Å²) in [6.45, 7) is 6.56. The van der Waals surface area contributed by atoms with Crippen LogP contribution in [0.15, 0.2) is 84.9 Å². The van der Waals surface area contributed by atoms with E-state index in [1.807, 2.05) is 86.6 Å². The van der Waals surface area contributed by atoms with Crippen molar-refractivity contribution in [2.75, 3.05) is 19.8 Å². The van der Waals surface area contributed by atoms with E-state index < -0.39 is 36.5 Å². The Hall–Kier alpha value is -2.66. The van der Waals surface area contributed by atoms with E-state index in [0.717, 1.165) is 22.3 Å². The molecule has 42 heavy (non-hydrogen) atoms. The standard InChI is InChI=1S/C34H40O8/c1-34(2)40-22-28(42-34)21-39-33-32-31(37-19-26-15-9-10-16-27(26)20-38-32)30(36-18-25-13-7-4-8-14-25)29(41-33)23-35-17-24-11-5-3-6-12-24/h3-16,28-33H,17-23H2,1-2H3/t28?,29-,30-,31+,32-,33-/m1/s1. The van der Waals surface area contributed by atoms with E-state index >= 15 is 0 Å². The summed E-state index contributed by atoms with van der Waals surface area (Å²) >= 11 is 0. The lowest BCUT2D eigenvalue weighted by Crippen LogP contribution is -2.62. The van der Waals surface area contributed by atoms with Crippen LogP contribution in [0.25, 0.3) is 0 Å². The predicted octanol–water partition coefficient (Wildman–Crippen LogP) is 5.17. The highest BCUT2D eigenvalue weighted by molar-refractivity contribution is 5.26. The molecular formula is C34H40O8. The van der Waals surface area contributed by atoms with Crippen LogP contribution >= 0.6 is 0 Å². The van der Waals surface area contributed by atoms with E-state index in [1.165, 1.54) is 0 Å². The first-order valence-corrected chi connectivity index (χ1v) is 14.7. The molecule has 2 saturated heterocycles. The number of ether oxygens (including phenoxy) is 8. The van der Waals surface area contributed by atoms with E-state index in [1.54, 1.807) is 0 Å². The van der Waals surface area contributed by atoms with Crippen molar-refractivity contribution < 1.29 is 37.9 Å². The fourth-order valence-corrected chi connectivity index (χ4v) is 5.61. The predicted molar refractivity (Wildman–Crippen MR) is 154 cm³/mol. The summed E-state index contributed by atoms with van der Waals surface area (Å²) in [5, 5.41) is 0. The second kappa shape index (κ2) is 13.8. The van der Waals surface area contributed by atoms with Crippen LogP contribution in [0.2, 0.25) is 0 Å². The van der Waals surface area contributed by atoms with Crippen molar-refractivity contribution in [3.8, 4) is 0 Å². The van der Waals surface area contributed by atoms with E-state index in [0.29, 0.717) is 46.2 Å². The summed E-state index contributed by atoms with van der Waals surface area (Å²) in [6, 6.07) is 28.4. The van der Waals surface area contributed by atoms with E-state index in [2.05, 4.69) is 12.1 Å². The maximum Gasteiger partial charge on any atom is 0.187 e. The molecule has 0 radical (unpaired) electrons. The topological polar surface area (TPSA) is 73.8 Å². The molecule has 3 aromatic rings. The van der Waals surface area contributed by atoms with Crippen molar-refractivity contribution in [3.63, 3.8) is 0 Å². The lowest BCUT2D eigenvalue weighted by atomic mass is 9.97. The number of hydrogen-bond acceptors (Lipinski definition) is 8. The third kappa shape index (κ3) is 7.45. The fraction of sp³-hybridized carbons (Fsp3) is 0.471.